The summed E-state index contributed by atoms with van der Waals surface area (Å²) in [6, 6.07) is 32.5. The van der Waals surface area contributed by atoms with E-state index in [1.54, 1.807) is 57.5 Å². The van der Waals surface area contributed by atoms with Crippen LogP contribution in [0.3, 0.4) is 0 Å². The average molecular weight is 2070 g/mol. The second-order valence-electron chi connectivity index (χ2n) is 38.2. The van der Waals surface area contributed by atoms with Gasteiger partial charge in [-0.15, -0.1) is 0 Å². The lowest BCUT2D eigenvalue weighted by atomic mass is 10.00. The molecule has 1 aliphatic heterocycles. The highest BCUT2D eigenvalue weighted by Crippen LogP contribution is 2.26. The number of esters is 4. The van der Waals surface area contributed by atoms with Gasteiger partial charge in [0.25, 0.3) is 0 Å². The van der Waals surface area contributed by atoms with Crippen molar-refractivity contribution in [2.75, 3.05) is 64.2 Å². The number of rotatable bonds is 35. The molecule has 5 aromatic rings. The van der Waals surface area contributed by atoms with E-state index < -0.39 is 42.8 Å². The summed E-state index contributed by atoms with van der Waals surface area (Å²) in [6.07, 6.45) is 0.200. The Morgan fingerprint density at radius 3 is 1.32 bits per heavy atom. The van der Waals surface area contributed by atoms with E-state index in [9.17, 15) is 74.6 Å². The van der Waals surface area contributed by atoms with Crippen LogP contribution in [0, 0.1) is 76.9 Å². The third kappa shape index (κ3) is 108. The van der Waals surface area contributed by atoms with Gasteiger partial charge in [0.05, 0.1) is 43.2 Å². The minimum absolute atomic E-state index is 0. The van der Waals surface area contributed by atoms with Crippen molar-refractivity contribution in [2.45, 2.75) is 336 Å². The monoisotopic (exact) mass is 2060 g/mol. The van der Waals surface area contributed by atoms with Crippen molar-refractivity contribution in [3.8, 4) is 5.75 Å². The number of aliphatic carboxylic acids is 1. The van der Waals surface area contributed by atoms with Gasteiger partial charge in [-0.3, -0.25) is 38.4 Å². The maximum absolute atomic E-state index is 11.6. The van der Waals surface area contributed by atoms with E-state index in [1.165, 1.54) is 32.6 Å². The van der Waals surface area contributed by atoms with Crippen molar-refractivity contribution >= 4 is 81.0 Å². The Hall–Kier alpha value is -9.34. The van der Waals surface area contributed by atoms with E-state index in [4.69, 9.17) is 35.3 Å². The SMILES string of the molecule is C.C.CC(C)C(O)c1ccccc1.CC(C)CC(=O)N1CCCC1.CC(C)CC(=O)NCC(F)(F)F.CC(C)CC(=O)Nc1ccccc1.CC(C)CC(=O)O.CC(C)CC(=O)OC(C)C.CC(C)CC(N)=O.CC(C)CC(O)C(F)(F)F.CC(C)CCO.CC(C)CNc1ncc(Br)cn1.CCOC(=O)CC(C)C.COC(=O)CC(C)C.COC(=O)c1cccc(COc2ccc(CC(C)C)cc2)n1. The number of carbonyl (C=O) groups is 9. The summed E-state index contributed by atoms with van der Waals surface area (Å²) >= 11 is 3.27. The first kappa shape index (κ1) is 148. The molecule has 0 saturated carbocycles. The lowest BCUT2D eigenvalue weighted by Crippen LogP contribution is -2.34. The number of para-hydroxylation sites is 1. The van der Waals surface area contributed by atoms with Crippen LogP contribution < -0.4 is 26.4 Å². The van der Waals surface area contributed by atoms with Gasteiger partial charge in [-0.2, -0.15) is 26.3 Å². The quantitative estimate of drug-likeness (QED) is 0.0106. The molecular formula is C107H185BrF6N8O18. The zero-order valence-electron chi connectivity index (χ0n) is 88.9. The number of benzene rings is 3. The Balaban J connectivity index is -0.000000192. The fourth-order valence-electron chi connectivity index (χ4n) is 10.3. The average Bonchev–Trinajstić information content (AvgIpc) is 1.02. The van der Waals surface area contributed by atoms with Gasteiger partial charge in [0.2, 0.25) is 29.6 Å². The number of likely N-dealkylation sites (tertiary alicyclic amines) is 1. The minimum Gasteiger partial charge on any atom is -0.487 e. The molecule has 2 unspecified atom stereocenters. The van der Waals surface area contributed by atoms with Crippen LogP contribution in [0.25, 0.3) is 0 Å². The number of aliphatic hydroxyl groups is 3. The van der Waals surface area contributed by atoms with Crippen molar-refractivity contribution < 1.29 is 114 Å². The highest BCUT2D eigenvalue weighted by molar-refractivity contribution is 9.10. The summed E-state index contributed by atoms with van der Waals surface area (Å²) in [6.45, 7) is 59.9. The maximum Gasteiger partial charge on any atom is 0.414 e. The van der Waals surface area contributed by atoms with Gasteiger partial charge in [-0.25, -0.2) is 19.7 Å². The Bertz CT molecular complexity index is 3840. The third-order valence-corrected chi connectivity index (χ3v) is 17.0. The van der Waals surface area contributed by atoms with Crippen LogP contribution in [-0.2, 0) is 70.3 Å². The van der Waals surface area contributed by atoms with E-state index in [1.807, 2.05) is 201 Å². The Morgan fingerprint density at radius 2 is 0.979 bits per heavy atom. The van der Waals surface area contributed by atoms with Crippen LogP contribution in [0.5, 0.6) is 5.75 Å². The molecule has 1 saturated heterocycles. The van der Waals surface area contributed by atoms with E-state index in [-0.39, 0.29) is 105 Å². The maximum atomic E-state index is 11.6. The predicted octanol–water partition coefficient (Wildman–Crippen LogP) is 25.0. The van der Waals surface area contributed by atoms with E-state index >= 15 is 0 Å². The number of hydrogen-bond acceptors (Lipinski definition) is 21. The molecule has 0 spiro atoms. The highest BCUT2D eigenvalue weighted by atomic mass is 79.9. The largest absolute Gasteiger partial charge is 0.487 e. The van der Waals surface area contributed by atoms with E-state index in [2.05, 4.69) is 119 Å². The molecule has 2 atom stereocenters. The summed E-state index contributed by atoms with van der Waals surface area (Å²) in [7, 11) is 2.75. The zero-order chi connectivity index (χ0) is 108. The van der Waals surface area contributed by atoms with Gasteiger partial charge in [0, 0.05) is 95.7 Å². The number of halogens is 7. The molecule has 3 heterocycles. The molecule has 6 rings (SSSR count). The molecule has 9 N–H and O–H groups in total. The second kappa shape index (κ2) is 89.7. The molecule has 2 aromatic heterocycles. The first-order valence-electron chi connectivity index (χ1n) is 47.8. The number of ether oxygens (including phenoxy) is 5. The van der Waals surface area contributed by atoms with Gasteiger partial charge in [-0.1, -0.05) is 262 Å². The number of nitrogens with one attached hydrogen (secondary N) is 3. The Labute approximate surface area is 846 Å². The number of methoxy groups -OCH3 is 2. The molecular weight excluding hydrogens is 1880 g/mol. The van der Waals surface area contributed by atoms with Crippen LogP contribution in [0.15, 0.2) is 120 Å². The lowest BCUT2D eigenvalue weighted by molar-refractivity contribution is -0.207. The fraction of sp³-hybridized carbons (Fsp3) is 0.664. The first-order chi connectivity index (χ1) is 63.9. The Morgan fingerprint density at radius 1 is 0.521 bits per heavy atom. The molecule has 0 radical (unpaired) electrons. The number of primary amides is 1. The molecule has 33 heteroatoms. The molecule has 3 aromatic carbocycles. The minimum atomic E-state index is -4.45. The number of hydrogen-bond donors (Lipinski definition) is 8. The molecule has 4 amide bonds. The second-order valence-corrected chi connectivity index (χ2v) is 39.1. The fourth-order valence-corrected chi connectivity index (χ4v) is 10.5. The third-order valence-electron chi connectivity index (χ3n) is 16.6. The predicted molar refractivity (Wildman–Crippen MR) is 558 cm³/mol. The Kier molecular flexibility index (Phi) is 95.1. The number of nitrogens with two attached hydrogens (primary N) is 1. The molecule has 0 aliphatic carbocycles. The van der Waals surface area contributed by atoms with Crippen LogP contribution in [-0.4, -0.2) is 172 Å². The van der Waals surface area contributed by atoms with Gasteiger partial charge < -0.3 is 70.7 Å². The van der Waals surface area contributed by atoms with Crippen molar-refractivity contribution in [2.24, 2.45) is 82.7 Å². The molecule has 810 valence electrons. The number of anilines is 2. The van der Waals surface area contributed by atoms with E-state index in [0.717, 1.165) is 60.4 Å². The number of alkyl halides is 6. The number of carboxylic acid groups (broad SMARTS) is 1. The van der Waals surface area contributed by atoms with Gasteiger partial charge in [0.1, 0.15) is 30.7 Å². The zero-order valence-corrected chi connectivity index (χ0v) is 90.5. The molecule has 1 fully saturated rings. The summed E-state index contributed by atoms with van der Waals surface area (Å²) in [5, 5.41) is 42.1. The summed E-state index contributed by atoms with van der Waals surface area (Å²) in [4.78, 5) is 111. The summed E-state index contributed by atoms with van der Waals surface area (Å²) < 4.78 is 94.6. The van der Waals surface area contributed by atoms with Gasteiger partial charge >= 0.3 is 42.2 Å². The van der Waals surface area contributed by atoms with Crippen molar-refractivity contribution in [1.82, 2.24) is 25.2 Å². The number of nitrogens with zero attached hydrogens (tertiary/aromatic N) is 4. The summed E-state index contributed by atoms with van der Waals surface area (Å²) in [5.41, 5.74) is 9.00. The standard InChI is InChI=1S/C18H21NO3.C11H15NO.C10H14O.C9H17NO.C8H12BrN3.C8H16O2.C7H12F3NO.C7H14O2.C6H11F3O.C6H12O2.C5H11NO.C5H10O2.C5H12O.2CH4/c1-13(2)11-14-7-9-16(10-8-14)22-12-15-5-4-6-17(19-15)18(20)21-3;1-9(2)8-11(13)12-10-6-4-3-5-7-10;1-8(2)10(11)9-6-4-3-5-7-9;1-8(2)7-9(11)10-5-3-4-6-10;1-6(2)3-10-8-11-4-7(9)5-12-8;1-6(2)5-8(9)10-7(3)4;1-5(2)3-6(12)11-4-7(8,9)10;1-4-9-7(8)5-6(2)3;1-4(2)3-5(10)6(7,8)9;1-5(2)4-6(7)8-3;2*1-4(2)3-5(6)7;1-5(2)3-4-6;;/h4-10,13H,11-12H2,1-3H3;3-7,9H,8H2,1-2H3,(H,12,13);3-8,10-11H,1-2H3;8H,3-7H2,1-2H3;4-6H,3H2,1-2H3,(H,10,11,12);6-7H,5H2,1-4H3;5H,3-4H2,1-2H3,(H,11,12);6H,4-5H2,1-3H3;4-5,10H,3H2,1-2H3;5H,4H2,1-3H3;4H,3H2,1-2H3,(H2,6,7);4H,3H2,1-2H3,(H,6,7);5-6H,3-4H2,1-2H3;2*1H4. The van der Waals surface area contributed by atoms with E-state index in [0.29, 0.717) is 123 Å². The normalized spacial score (nSPS) is 11.4. The van der Waals surface area contributed by atoms with Crippen LogP contribution in [0.4, 0.5) is 38.0 Å². The smallest absolute Gasteiger partial charge is 0.414 e. The van der Waals surface area contributed by atoms with Crippen molar-refractivity contribution in [1.29, 1.82) is 0 Å². The summed E-state index contributed by atoms with van der Waals surface area (Å²) in [5.74, 6) is 4.60. The number of aliphatic hydroxyl groups excluding tert-OH is 3. The highest BCUT2D eigenvalue weighted by Gasteiger charge is 2.38. The van der Waals surface area contributed by atoms with Crippen molar-refractivity contribution in [3.05, 3.63) is 143 Å². The molecule has 26 nitrogen and oxygen atoms in total. The molecule has 1 aliphatic rings. The van der Waals surface area contributed by atoms with Crippen LogP contribution >= 0.6 is 15.9 Å². The number of aromatic nitrogens is 3. The number of carboxylic acids is 1. The topological polar surface area (TPSA) is 385 Å². The number of pyridine rings is 1. The molecule has 140 heavy (non-hydrogen) atoms. The molecule has 0 bridgehead atoms. The lowest BCUT2D eigenvalue weighted by Gasteiger charge is -2.16. The van der Waals surface area contributed by atoms with Gasteiger partial charge in [0.15, 0.2) is 0 Å². The van der Waals surface area contributed by atoms with Crippen LogP contribution in [0.2, 0.25) is 0 Å². The number of carbonyl (C=O) groups excluding carboxylic acids is 8. The van der Waals surface area contributed by atoms with Crippen molar-refractivity contribution in [3.63, 3.8) is 0 Å². The van der Waals surface area contributed by atoms with Gasteiger partial charge in [-0.05, 0) is 193 Å². The number of amides is 4. The van der Waals surface area contributed by atoms with Crippen LogP contribution in [0.1, 0.15) is 326 Å². The first-order valence-corrected chi connectivity index (χ1v) is 48.6.